The van der Waals surface area contributed by atoms with E-state index < -0.39 is 11.8 Å². The first-order valence-electron chi connectivity index (χ1n) is 5.26. The zero-order valence-electron chi connectivity index (χ0n) is 9.52. The zero-order chi connectivity index (χ0) is 14.0. The highest BCUT2D eigenvalue weighted by Crippen LogP contribution is 2.28. The van der Waals surface area contributed by atoms with Crippen LogP contribution < -0.4 is 0 Å². The maximum Gasteiger partial charge on any atom is 0.337 e. The van der Waals surface area contributed by atoms with Crippen LogP contribution in [0.2, 0.25) is 5.02 Å². The van der Waals surface area contributed by atoms with Crippen LogP contribution in [-0.2, 0) is 0 Å². The van der Waals surface area contributed by atoms with Crippen molar-refractivity contribution in [3.8, 4) is 17.2 Å². The summed E-state index contributed by atoms with van der Waals surface area (Å²) in [5, 5.41) is 17.7. The molecule has 5 heteroatoms. The topological polar surface area (TPSA) is 61.1 Å². The number of rotatable bonds is 2. The monoisotopic (exact) mass is 275 g/mol. The van der Waals surface area contributed by atoms with E-state index >= 15 is 0 Å². The maximum atomic E-state index is 13.7. The summed E-state index contributed by atoms with van der Waals surface area (Å²) >= 11 is 5.83. The van der Waals surface area contributed by atoms with E-state index in [0.29, 0.717) is 11.1 Å². The molecule has 0 heterocycles. The van der Waals surface area contributed by atoms with Gasteiger partial charge in [0.2, 0.25) is 0 Å². The number of nitrogens with zero attached hydrogens (tertiary/aromatic N) is 1. The third kappa shape index (κ3) is 2.56. The molecule has 2 rings (SSSR count). The quantitative estimate of drug-likeness (QED) is 0.909. The van der Waals surface area contributed by atoms with Gasteiger partial charge in [0.05, 0.1) is 22.2 Å². The van der Waals surface area contributed by atoms with Gasteiger partial charge in [0.15, 0.2) is 0 Å². The van der Waals surface area contributed by atoms with Crippen molar-refractivity contribution in [1.82, 2.24) is 0 Å². The van der Waals surface area contributed by atoms with Gasteiger partial charge in [-0.2, -0.15) is 5.26 Å². The molecule has 3 nitrogen and oxygen atoms in total. The molecule has 0 amide bonds. The number of halogens is 2. The molecule has 1 N–H and O–H groups in total. The van der Waals surface area contributed by atoms with Crippen molar-refractivity contribution >= 4 is 17.6 Å². The minimum absolute atomic E-state index is 0.0201. The lowest BCUT2D eigenvalue weighted by Gasteiger charge is -2.06. The van der Waals surface area contributed by atoms with Crippen LogP contribution >= 0.6 is 11.6 Å². The molecule has 2 aromatic carbocycles. The molecule has 0 aromatic heterocycles. The predicted octanol–water partition coefficient (Wildman–Crippen LogP) is 3.72. The van der Waals surface area contributed by atoms with Gasteiger partial charge in [-0.05, 0) is 35.9 Å². The van der Waals surface area contributed by atoms with Crippen LogP contribution in [-0.4, -0.2) is 11.1 Å². The molecule has 0 unspecified atom stereocenters. The van der Waals surface area contributed by atoms with Crippen molar-refractivity contribution in [2.24, 2.45) is 0 Å². The van der Waals surface area contributed by atoms with Crippen molar-refractivity contribution < 1.29 is 14.3 Å². The van der Waals surface area contributed by atoms with Crippen molar-refractivity contribution in [3.63, 3.8) is 0 Å². The summed E-state index contributed by atoms with van der Waals surface area (Å²) in [6, 6.07) is 9.98. The molecule has 0 radical (unpaired) electrons. The summed E-state index contributed by atoms with van der Waals surface area (Å²) in [4.78, 5) is 10.8. The number of carbonyl (C=O) groups is 1. The standard InChI is InChI=1S/C14H7ClFNO2/c15-12-6-9(2-3-10(12)14(18)19)11-5-8(7-17)1-4-13(11)16/h1-6H,(H,18,19). The number of hydrogen-bond acceptors (Lipinski definition) is 2. The average Bonchev–Trinajstić information content (AvgIpc) is 2.38. The second-order valence-electron chi connectivity index (χ2n) is 3.81. The van der Waals surface area contributed by atoms with Crippen LogP contribution in [0.5, 0.6) is 0 Å². The number of hydrogen-bond donors (Lipinski definition) is 1. The molecule has 0 aliphatic rings. The molecule has 0 aliphatic carbocycles. The van der Waals surface area contributed by atoms with Crippen LogP contribution in [0.1, 0.15) is 15.9 Å². The Morgan fingerprint density at radius 2 is 2.00 bits per heavy atom. The van der Waals surface area contributed by atoms with Crippen LogP contribution in [0.15, 0.2) is 36.4 Å². The van der Waals surface area contributed by atoms with Gasteiger partial charge in [-0.1, -0.05) is 17.7 Å². The van der Waals surface area contributed by atoms with Gasteiger partial charge in [-0.15, -0.1) is 0 Å². The summed E-state index contributed by atoms with van der Waals surface area (Å²) in [6.07, 6.45) is 0. The number of nitriles is 1. The number of aromatic carboxylic acids is 1. The van der Waals surface area contributed by atoms with Crippen LogP contribution in [0, 0.1) is 17.1 Å². The van der Waals surface area contributed by atoms with Gasteiger partial charge in [-0.3, -0.25) is 0 Å². The van der Waals surface area contributed by atoms with E-state index in [1.54, 1.807) is 0 Å². The van der Waals surface area contributed by atoms with E-state index in [1.807, 2.05) is 6.07 Å². The molecule has 19 heavy (non-hydrogen) atoms. The molecule has 0 saturated carbocycles. The zero-order valence-corrected chi connectivity index (χ0v) is 10.3. The molecular weight excluding hydrogens is 269 g/mol. The third-order valence-corrected chi connectivity index (χ3v) is 2.92. The summed E-state index contributed by atoms with van der Waals surface area (Å²) in [5.74, 6) is -1.65. The molecule has 94 valence electrons. The Bertz CT molecular complexity index is 707. The fourth-order valence-corrected chi connectivity index (χ4v) is 1.93. The van der Waals surface area contributed by atoms with Crippen LogP contribution in [0.4, 0.5) is 4.39 Å². The Balaban J connectivity index is 2.57. The second kappa shape index (κ2) is 5.09. The summed E-state index contributed by atoms with van der Waals surface area (Å²) in [5.41, 5.74) is 0.889. The highest BCUT2D eigenvalue weighted by atomic mass is 35.5. The van der Waals surface area contributed by atoms with E-state index in [-0.39, 0.29) is 16.1 Å². The predicted molar refractivity (Wildman–Crippen MR) is 68.5 cm³/mol. The van der Waals surface area contributed by atoms with E-state index in [2.05, 4.69) is 0 Å². The first kappa shape index (κ1) is 13.1. The lowest BCUT2D eigenvalue weighted by Crippen LogP contribution is -1.97. The Morgan fingerprint density at radius 1 is 1.26 bits per heavy atom. The van der Waals surface area contributed by atoms with Crippen molar-refractivity contribution in [1.29, 1.82) is 5.26 Å². The Hall–Kier alpha value is -2.38. The minimum Gasteiger partial charge on any atom is -0.478 e. The second-order valence-corrected chi connectivity index (χ2v) is 4.21. The molecule has 0 saturated heterocycles. The highest BCUT2D eigenvalue weighted by Gasteiger charge is 2.12. The summed E-state index contributed by atoms with van der Waals surface area (Å²) in [6.45, 7) is 0. The highest BCUT2D eigenvalue weighted by molar-refractivity contribution is 6.33. The smallest absolute Gasteiger partial charge is 0.337 e. The number of benzene rings is 2. The van der Waals surface area contributed by atoms with E-state index in [1.165, 1.54) is 36.4 Å². The number of carboxylic acid groups (broad SMARTS) is 1. The van der Waals surface area contributed by atoms with Crippen LogP contribution in [0.25, 0.3) is 11.1 Å². The summed E-state index contributed by atoms with van der Waals surface area (Å²) in [7, 11) is 0. The van der Waals surface area contributed by atoms with Gasteiger partial charge in [0, 0.05) is 5.56 Å². The normalized spacial score (nSPS) is 9.95. The molecule has 0 fully saturated rings. The first-order chi connectivity index (χ1) is 9.02. The Kier molecular flexibility index (Phi) is 3.50. The largest absolute Gasteiger partial charge is 0.478 e. The lowest BCUT2D eigenvalue weighted by molar-refractivity contribution is 0.0697. The fourth-order valence-electron chi connectivity index (χ4n) is 1.67. The van der Waals surface area contributed by atoms with E-state index in [0.717, 1.165) is 0 Å². The average molecular weight is 276 g/mol. The van der Waals surface area contributed by atoms with Crippen molar-refractivity contribution in [2.45, 2.75) is 0 Å². The van der Waals surface area contributed by atoms with E-state index in [9.17, 15) is 9.18 Å². The lowest BCUT2D eigenvalue weighted by atomic mass is 10.0. The molecule has 2 aromatic rings. The first-order valence-corrected chi connectivity index (χ1v) is 5.63. The molecule has 0 bridgehead atoms. The number of carboxylic acids is 1. The van der Waals surface area contributed by atoms with Gasteiger partial charge in [-0.25, -0.2) is 9.18 Å². The van der Waals surface area contributed by atoms with Crippen molar-refractivity contribution in [2.75, 3.05) is 0 Å². The van der Waals surface area contributed by atoms with Gasteiger partial charge >= 0.3 is 5.97 Å². The SMILES string of the molecule is N#Cc1ccc(F)c(-c2ccc(C(=O)O)c(Cl)c2)c1. The van der Waals surface area contributed by atoms with Crippen LogP contribution in [0.3, 0.4) is 0 Å². The Labute approximate surface area is 113 Å². The molecule has 0 atom stereocenters. The van der Waals surface area contributed by atoms with E-state index in [4.69, 9.17) is 22.0 Å². The minimum atomic E-state index is -1.15. The van der Waals surface area contributed by atoms with Gasteiger partial charge < -0.3 is 5.11 Å². The fraction of sp³-hybridized carbons (Fsp3) is 0. The Morgan fingerprint density at radius 3 is 2.58 bits per heavy atom. The third-order valence-electron chi connectivity index (χ3n) is 2.61. The van der Waals surface area contributed by atoms with Gasteiger partial charge in [0.1, 0.15) is 5.82 Å². The van der Waals surface area contributed by atoms with Gasteiger partial charge in [0.25, 0.3) is 0 Å². The molecule has 0 aliphatic heterocycles. The maximum absolute atomic E-state index is 13.7. The summed E-state index contributed by atoms with van der Waals surface area (Å²) < 4.78 is 13.7. The molecule has 0 spiro atoms. The molecular formula is C14H7ClFNO2. The van der Waals surface area contributed by atoms with Crippen molar-refractivity contribution in [3.05, 3.63) is 58.4 Å².